The minimum Gasteiger partial charge on any atom is -0.476 e. The van der Waals surface area contributed by atoms with Gasteiger partial charge in [0.05, 0.1) is 5.69 Å². The van der Waals surface area contributed by atoms with Crippen LogP contribution in [-0.4, -0.2) is 16.1 Å². The zero-order chi connectivity index (χ0) is 20.3. The number of nitrogens with zero attached hydrogens (tertiary/aromatic N) is 1. The lowest BCUT2D eigenvalue weighted by molar-refractivity contribution is 0.0696. The predicted molar refractivity (Wildman–Crippen MR) is 103 cm³/mol. The molecule has 0 radical (unpaired) electrons. The lowest BCUT2D eigenvalue weighted by atomic mass is 10.0. The van der Waals surface area contributed by atoms with Gasteiger partial charge in [0.15, 0.2) is 11.6 Å². The maximum absolute atomic E-state index is 14.8. The molecule has 0 amide bonds. The van der Waals surface area contributed by atoms with Crippen molar-refractivity contribution in [1.82, 2.24) is 4.98 Å². The van der Waals surface area contributed by atoms with Gasteiger partial charge in [-0.1, -0.05) is 31.9 Å². The number of carbonyl (C=O) groups is 1. The van der Waals surface area contributed by atoms with Gasteiger partial charge >= 0.3 is 5.97 Å². The van der Waals surface area contributed by atoms with Gasteiger partial charge in [-0.25, -0.2) is 22.9 Å². The molecule has 0 fully saturated rings. The second-order valence-electron chi connectivity index (χ2n) is 6.38. The second-order valence-corrected chi connectivity index (χ2v) is 7.46. The van der Waals surface area contributed by atoms with E-state index in [1.165, 1.54) is 18.2 Å². The van der Waals surface area contributed by atoms with E-state index in [9.17, 15) is 23.1 Å². The van der Waals surface area contributed by atoms with Crippen molar-refractivity contribution in [2.45, 2.75) is 32.6 Å². The third-order valence-electron chi connectivity index (χ3n) is 4.36. The van der Waals surface area contributed by atoms with Crippen molar-refractivity contribution < 1.29 is 23.1 Å². The highest BCUT2D eigenvalue weighted by Crippen LogP contribution is 2.34. The SMILES string of the molecule is CCCCCc1sc(C(=O)O)nc1-c1ccc(-c2ccc(F)c(F)c2)cc1F. The molecule has 0 atom stereocenters. The van der Waals surface area contributed by atoms with Gasteiger partial charge in [-0.2, -0.15) is 0 Å². The van der Waals surface area contributed by atoms with Crippen LogP contribution < -0.4 is 0 Å². The van der Waals surface area contributed by atoms with Crippen LogP contribution in [0.15, 0.2) is 36.4 Å². The van der Waals surface area contributed by atoms with Crippen molar-refractivity contribution in [2.24, 2.45) is 0 Å². The van der Waals surface area contributed by atoms with Gasteiger partial charge in [0.1, 0.15) is 5.82 Å². The zero-order valence-electron chi connectivity index (χ0n) is 15.1. The van der Waals surface area contributed by atoms with Crippen LogP contribution in [0, 0.1) is 17.5 Å². The highest BCUT2D eigenvalue weighted by atomic mass is 32.1. The fraction of sp³-hybridized carbons (Fsp3) is 0.238. The standard InChI is InChI=1S/C21H18F3NO2S/c1-2-3-4-5-18-19(25-20(28-18)21(26)27)14-8-6-12(10-16(14)23)13-7-9-15(22)17(24)11-13/h6-11H,2-5H2,1H3,(H,26,27). The van der Waals surface area contributed by atoms with Crippen molar-refractivity contribution in [3.8, 4) is 22.4 Å². The number of carboxylic acid groups (broad SMARTS) is 1. The normalized spacial score (nSPS) is 11.0. The second kappa shape index (κ2) is 8.56. The van der Waals surface area contributed by atoms with Crippen molar-refractivity contribution in [2.75, 3.05) is 0 Å². The summed E-state index contributed by atoms with van der Waals surface area (Å²) in [6, 6.07) is 7.66. The number of aromatic carboxylic acids is 1. The topological polar surface area (TPSA) is 50.2 Å². The molecule has 1 aromatic heterocycles. The van der Waals surface area contributed by atoms with Gasteiger partial charge in [0, 0.05) is 10.4 Å². The number of halogens is 3. The van der Waals surface area contributed by atoms with Crippen LogP contribution in [0.2, 0.25) is 0 Å². The number of hydrogen-bond acceptors (Lipinski definition) is 3. The smallest absolute Gasteiger partial charge is 0.365 e. The van der Waals surface area contributed by atoms with Crippen LogP contribution in [0.4, 0.5) is 13.2 Å². The van der Waals surface area contributed by atoms with Crippen molar-refractivity contribution in [3.05, 3.63) is 63.7 Å². The molecule has 0 spiro atoms. The summed E-state index contributed by atoms with van der Waals surface area (Å²) in [5, 5.41) is 9.16. The summed E-state index contributed by atoms with van der Waals surface area (Å²) in [7, 11) is 0. The van der Waals surface area contributed by atoms with Crippen LogP contribution in [-0.2, 0) is 6.42 Å². The third kappa shape index (κ3) is 4.25. The van der Waals surface area contributed by atoms with Crippen LogP contribution in [0.5, 0.6) is 0 Å². The Bertz CT molecular complexity index is 1020. The van der Waals surface area contributed by atoms with E-state index in [-0.39, 0.29) is 10.6 Å². The Hall–Kier alpha value is -2.67. The first-order chi connectivity index (χ1) is 13.4. The largest absolute Gasteiger partial charge is 0.476 e. The molecule has 28 heavy (non-hydrogen) atoms. The van der Waals surface area contributed by atoms with Gasteiger partial charge in [0.2, 0.25) is 5.01 Å². The zero-order valence-corrected chi connectivity index (χ0v) is 16.0. The Kier molecular flexibility index (Phi) is 6.14. The van der Waals surface area contributed by atoms with E-state index in [1.807, 2.05) is 0 Å². The molecule has 0 bridgehead atoms. The number of benzene rings is 2. The maximum atomic E-state index is 14.8. The van der Waals surface area contributed by atoms with Crippen LogP contribution in [0.25, 0.3) is 22.4 Å². The van der Waals surface area contributed by atoms with Gasteiger partial charge in [0.25, 0.3) is 0 Å². The molecule has 0 aliphatic heterocycles. The van der Waals surface area contributed by atoms with E-state index in [1.54, 1.807) is 6.07 Å². The average molecular weight is 405 g/mol. The summed E-state index contributed by atoms with van der Waals surface area (Å²) in [6.45, 7) is 2.06. The number of hydrogen-bond donors (Lipinski definition) is 1. The molecular formula is C21H18F3NO2S. The molecule has 1 N–H and O–H groups in total. The highest BCUT2D eigenvalue weighted by Gasteiger charge is 2.20. The lowest BCUT2D eigenvalue weighted by Gasteiger charge is -2.07. The fourth-order valence-corrected chi connectivity index (χ4v) is 3.88. The molecule has 2 aromatic carbocycles. The Morgan fingerprint density at radius 2 is 1.68 bits per heavy atom. The lowest BCUT2D eigenvalue weighted by Crippen LogP contribution is -1.95. The molecule has 7 heteroatoms. The van der Waals surface area contributed by atoms with E-state index >= 15 is 0 Å². The summed E-state index contributed by atoms with van der Waals surface area (Å²) in [5.74, 6) is -3.72. The molecule has 3 nitrogen and oxygen atoms in total. The summed E-state index contributed by atoms with van der Waals surface area (Å²) in [6.07, 6.45) is 3.48. The minimum atomic E-state index is -1.15. The number of unbranched alkanes of at least 4 members (excludes halogenated alkanes) is 2. The number of aromatic nitrogens is 1. The maximum Gasteiger partial charge on any atom is 0.365 e. The van der Waals surface area contributed by atoms with Crippen molar-refractivity contribution >= 4 is 17.3 Å². The first-order valence-electron chi connectivity index (χ1n) is 8.89. The van der Waals surface area contributed by atoms with Gasteiger partial charge < -0.3 is 5.11 Å². The summed E-state index contributed by atoms with van der Waals surface area (Å²) in [4.78, 5) is 16.1. The van der Waals surface area contributed by atoms with Gasteiger partial charge in [-0.05, 0) is 48.2 Å². The van der Waals surface area contributed by atoms with E-state index < -0.39 is 23.4 Å². The number of carboxylic acids is 1. The van der Waals surface area contributed by atoms with Crippen molar-refractivity contribution in [1.29, 1.82) is 0 Å². The quantitative estimate of drug-likeness (QED) is 0.468. The predicted octanol–water partition coefficient (Wildman–Crippen LogP) is 6.33. The fourth-order valence-electron chi connectivity index (χ4n) is 2.92. The molecule has 3 aromatic rings. The number of aryl methyl sites for hydroxylation is 1. The Labute approximate surface area is 164 Å². The summed E-state index contributed by atoms with van der Waals surface area (Å²) < 4.78 is 41.4. The van der Waals surface area contributed by atoms with E-state index in [0.29, 0.717) is 23.2 Å². The monoisotopic (exact) mass is 405 g/mol. The Balaban J connectivity index is 1.99. The molecule has 0 saturated carbocycles. The Morgan fingerprint density at radius 1 is 1.00 bits per heavy atom. The molecule has 0 aliphatic rings. The van der Waals surface area contributed by atoms with Gasteiger partial charge in [-0.3, -0.25) is 0 Å². The Morgan fingerprint density at radius 3 is 2.29 bits per heavy atom. The summed E-state index contributed by atoms with van der Waals surface area (Å²) in [5.41, 5.74) is 1.26. The van der Waals surface area contributed by atoms with E-state index in [4.69, 9.17) is 0 Å². The number of rotatable bonds is 7. The van der Waals surface area contributed by atoms with E-state index in [0.717, 1.165) is 47.6 Å². The van der Waals surface area contributed by atoms with Crippen LogP contribution in [0.3, 0.4) is 0 Å². The molecule has 0 aliphatic carbocycles. The van der Waals surface area contributed by atoms with Gasteiger partial charge in [-0.15, -0.1) is 11.3 Å². The van der Waals surface area contributed by atoms with Crippen LogP contribution in [0.1, 0.15) is 40.9 Å². The first kappa shape index (κ1) is 20.1. The van der Waals surface area contributed by atoms with Crippen molar-refractivity contribution in [3.63, 3.8) is 0 Å². The molecular weight excluding hydrogens is 387 g/mol. The third-order valence-corrected chi connectivity index (χ3v) is 5.47. The average Bonchev–Trinajstić information content (AvgIpc) is 3.08. The highest BCUT2D eigenvalue weighted by molar-refractivity contribution is 7.14. The van der Waals surface area contributed by atoms with Crippen LogP contribution >= 0.6 is 11.3 Å². The summed E-state index contributed by atoms with van der Waals surface area (Å²) >= 11 is 1.06. The molecule has 1 heterocycles. The minimum absolute atomic E-state index is 0.0782. The molecule has 146 valence electrons. The molecule has 0 unspecified atom stereocenters. The number of thiazole rings is 1. The molecule has 0 saturated heterocycles. The molecule has 3 rings (SSSR count). The first-order valence-corrected chi connectivity index (χ1v) is 9.70. The van der Waals surface area contributed by atoms with E-state index in [2.05, 4.69) is 11.9 Å².